The van der Waals surface area contributed by atoms with E-state index in [0.717, 1.165) is 13.2 Å². The standard InChI is InChI=1S/C14H17N5O3/c1-11-8-22-6-5-17(11)10-18-9-15-14(16-18)12-3-2-4-13(7-12)19(20)21/h2-4,7,9,11H,5-6,8,10H2,1H3/t11-/m0/s1. The summed E-state index contributed by atoms with van der Waals surface area (Å²) in [6, 6.07) is 6.68. The number of rotatable bonds is 4. The van der Waals surface area contributed by atoms with E-state index in [4.69, 9.17) is 4.74 Å². The third kappa shape index (κ3) is 3.12. The van der Waals surface area contributed by atoms with Gasteiger partial charge in [0.1, 0.15) is 6.33 Å². The second-order valence-electron chi connectivity index (χ2n) is 5.29. The molecular weight excluding hydrogens is 286 g/mol. The smallest absolute Gasteiger partial charge is 0.270 e. The molecule has 1 saturated heterocycles. The number of nitro groups is 1. The van der Waals surface area contributed by atoms with E-state index in [2.05, 4.69) is 21.9 Å². The van der Waals surface area contributed by atoms with Crippen molar-refractivity contribution in [1.29, 1.82) is 0 Å². The second kappa shape index (κ2) is 6.20. The van der Waals surface area contributed by atoms with Gasteiger partial charge in [0.05, 0.1) is 24.8 Å². The van der Waals surface area contributed by atoms with Crippen LogP contribution in [0, 0.1) is 10.1 Å². The fourth-order valence-corrected chi connectivity index (χ4v) is 2.41. The Kier molecular flexibility index (Phi) is 4.12. The van der Waals surface area contributed by atoms with Crippen molar-refractivity contribution in [2.24, 2.45) is 0 Å². The molecule has 0 amide bonds. The number of aromatic nitrogens is 3. The molecule has 0 aliphatic carbocycles. The maximum Gasteiger partial charge on any atom is 0.270 e. The van der Waals surface area contributed by atoms with E-state index >= 15 is 0 Å². The Bertz CT molecular complexity index is 672. The molecule has 0 radical (unpaired) electrons. The minimum Gasteiger partial charge on any atom is -0.379 e. The molecule has 1 aromatic carbocycles. The lowest BCUT2D eigenvalue weighted by molar-refractivity contribution is -0.384. The summed E-state index contributed by atoms with van der Waals surface area (Å²) in [5.74, 6) is 0.490. The minimum absolute atomic E-state index is 0.0376. The zero-order chi connectivity index (χ0) is 15.5. The van der Waals surface area contributed by atoms with Crippen molar-refractivity contribution in [3.63, 3.8) is 0 Å². The zero-order valence-electron chi connectivity index (χ0n) is 12.3. The maximum atomic E-state index is 10.8. The predicted octanol–water partition coefficient (Wildman–Crippen LogP) is 1.53. The Balaban J connectivity index is 1.76. The first kappa shape index (κ1) is 14.6. The van der Waals surface area contributed by atoms with Crippen molar-refractivity contribution < 1.29 is 9.66 Å². The van der Waals surface area contributed by atoms with Crippen LogP contribution in [0.2, 0.25) is 0 Å². The van der Waals surface area contributed by atoms with Crippen LogP contribution in [0.15, 0.2) is 30.6 Å². The monoisotopic (exact) mass is 303 g/mol. The first-order valence-corrected chi connectivity index (χ1v) is 7.09. The third-order valence-electron chi connectivity index (χ3n) is 3.68. The molecule has 116 valence electrons. The van der Waals surface area contributed by atoms with E-state index in [-0.39, 0.29) is 5.69 Å². The van der Waals surface area contributed by atoms with Crippen LogP contribution in [-0.4, -0.2) is 50.4 Å². The number of ether oxygens (including phenoxy) is 1. The van der Waals surface area contributed by atoms with Crippen LogP contribution in [0.25, 0.3) is 11.4 Å². The van der Waals surface area contributed by atoms with Crippen molar-refractivity contribution in [1.82, 2.24) is 19.7 Å². The summed E-state index contributed by atoms with van der Waals surface area (Å²) in [6.07, 6.45) is 1.65. The number of morpholine rings is 1. The Hall–Kier alpha value is -2.32. The van der Waals surface area contributed by atoms with Crippen LogP contribution in [-0.2, 0) is 11.4 Å². The van der Waals surface area contributed by atoms with Crippen molar-refractivity contribution in [3.8, 4) is 11.4 Å². The largest absolute Gasteiger partial charge is 0.379 e. The highest BCUT2D eigenvalue weighted by molar-refractivity contribution is 5.58. The highest BCUT2D eigenvalue weighted by Crippen LogP contribution is 2.20. The lowest BCUT2D eigenvalue weighted by Gasteiger charge is -2.32. The van der Waals surface area contributed by atoms with Gasteiger partial charge in [-0.1, -0.05) is 12.1 Å². The second-order valence-corrected chi connectivity index (χ2v) is 5.29. The summed E-state index contributed by atoms with van der Waals surface area (Å²) in [7, 11) is 0. The Labute approximate surface area is 127 Å². The molecule has 1 aromatic heterocycles. The van der Waals surface area contributed by atoms with Gasteiger partial charge in [0, 0.05) is 30.3 Å². The molecule has 3 rings (SSSR count). The SMILES string of the molecule is C[C@H]1COCCN1Cn1cnc(-c2cccc([N+](=O)[O-])c2)n1. The molecule has 0 spiro atoms. The Morgan fingerprint density at radius 2 is 2.36 bits per heavy atom. The predicted molar refractivity (Wildman–Crippen MR) is 79.1 cm³/mol. The van der Waals surface area contributed by atoms with Gasteiger partial charge < -0.3 is 4.74 Å². The van der Waals surface area contributed by atoms with Crippen molar-refractivity contribution in [3.05, 3.63) is 40.7 Å². The normalized spacial score (nSPS) is 19.2. The summed E-state index contributed by atoms with van der Waals surface area (Å²) in [5.41, 5.74) is 0.679. The molecule has 2 aromatic rings. The molecule has 1 aliphatic rings. The van der Waals surface area contributed by atoms with E-state index in [9.17, 15) is 10.1 Å². The minimum atomic E-state index is -0.421. The van der Waals surface area contributed by atoms with Gasteiger partial charge in [-0.15, -0.1) is 5.10 Å². The van der Waals surface area contributed by atoms with Gasteiger partial charge in [-0.2, -0.15) is 0 Å². The van der Waals surface area contributed by atoms with Gasteiger partial charge in [0.25, 0.3) is 5.69 Å². The first-order chi connectivity index (χ1) is 10.6. The van der Waals surface area contributed by atoms with Gasteiger partial charge in [-0.25, -0.2) is 9.67 Å². The summed E-state index contributed by atoms with van der Waals surface area (Å²) < 4.78 is 7.16. The van der Waals surface area contributed by atoms with Crippen molar-refractivity contribution in [2.75, 3.05) is 19.8 Å². The Morgan fingerprint density at radius 1 is 1.50 bits per heavy atom. The number of non-ortho nitro benzene ring substituents is 1. The van der Waals surface area contributed by atoms with Gasteiger partial charge in [-0.05, 0) is 6.92 Å². The average molecular weight is 303 g/mol. The highest BCUT2D eigenvalue weighted by atomic mass is 16.6. The van der Waals surface area contributed by atoms with E-state index in [1.54, 1.807) is 23.1 Å². The molecular formula is C14H17N5O3. The van der Waals surface area contributed by atoms with Gasteiger partial charge in [-0.3, -0.25) is 15.0 Å². The summed E-state index contributed by atoms with van der Waals surface area (Å²) in [5, 5.41) is 15.2. The number of benzene rings is 1. The summed E-state index contributed by atoms with van der Waals surface area (Å²) in [4.78, 5) is 16.9. The van der Waals surface area contributed by atoms with Crippen LogP contribution >= 0.6 is 0 Å². The molecule has 1 atom stereocenters. The third-order valence-corrected chi connectivity index (χ3v) is 3.68. The number of nitro benzene ring substituents is 1. The van der Waals surface area contributed by atoms with Gasteiger partial charge >= 0.3 is 0 Å². The molecule has 0 N–H and O–H groups in total. The molecule has 8 heteroatoms. The fourth-order valence-electron chi connectivity index (χ4n) is 2.41. The zero-order valence-corrected chi connectivity index (χ0v) is 12.3. The van der Waals surface area contributed by atoms with Crippen LogP contribution in [0.5, 0.6) is 0 Å². The van der Waals surface area contributed by atoms with Crippen molar-refractivity contribution in [2.45, 2.75) is 19.6 Å². The fraction of sp³-hybridized carbons (Fsp3) is 0.429. The van der Waals surface area contributed by atoms with Crippen LogP contribution in [0.1, 0.15) is 6.92 Å². The average Bonchev–Trinajstić information content (AvgIpc) is 2.98. The number of hydrogen-bond donors (Lipinski definition) is 0. The molecule has 0 saturated carbocycles. The highest BCUT2D eigenvalue weighted by Gasteiger charge is 2.19. The number of nitrogens with zero attached hydrogens (tertiary/aromatic N) is 5. The first-order valence-electron chi connectivity index (χ1n) is 7.09. The molecule has 1 fully saturated rings. The van der Waals surface area contributed by atoms with Crippen LogP contribution in [0.3, 0.4) is 0 Å². The lowest BCUT2D eigenvalue weighted by Crippen LogP contribution is -2.44. The summed E-state index contributed by atoms with van der Waals surface area (Å²) in [6.45, 7) is 5.03. The molecule has 0 unspecified atom stereocenters. The topological polar surface area (TPSA) is 86.3 Å². The Morgan fingerprint density at radius 3 is 3.14 bits per heavy atom. The van der Waals surface area contributed by atoms with E-state index in [0.29, 0.717) is 30.7 Å². The molecule has 1 aliphatic heterocycles. The molecule has 22 heavy (non-hydrogen) atoms. The van der Waals surface area contributed by atoms with Gasteiger partial charge in [0.2, 0.25) is 0 Å². The van der Waals surface area contributed by atoms with Gasteiger partial charge in [0.15, 0.2) is 5.82 Å². The van der Waals surface area contributed by atoms with E-state index in [1.807, 2.05) is 0 Å². The molecule has 2 heterocycles. The van der Waals surface area contributed by atoms with Crippen LogP contribution < -0.4 is 0 Å². The molecule has 0 bridgehead atoms. The lowest BCUT2D eigenvalue weighted by atomic mass is 10.2. The summed E-state index contributed by atoms with van der Waals surface area (Å²) >= 11 is 0. The maximum absolute atomic E-state index is 10.8. The molecule has 8 nitrogen and oxygen atoms in total. The van der Waals surface area contributed by atoms with Crippen LogP contribution in [0.4, 0.5) is 5.69 Å². The van der Waals surface area contributed by atoms with Crippen molar-refractivity contribution >= 4 is 5.69 Å². The number of hydrogen-bond acceptors (Lipinski definition) is 6. The quantitative estimate of drug-likeness (QED) is 0.629. The van der Waals surface area contributed by atoms with E-state index in [1.165, 1.54) is 12.1 Å². The van der Waals surface area contributed by atoms with E-state index < -0.39 is 4.92 Å².